The van der Waals surface area contributed by atoms with Crippen molar-refractivity contribution in [2.45, 2.75) is 52.5 Å². The molecule has 0 aliphatic heterocycles. The minimum Gasteiger partial charge on any atom is -0.353 e. The molecule has 0 atom stereocenters. The summed E-state index contributed by atoms with van der Waals surface area (Å²) in [6.45, 7) is 0. The van der Waals surface area contributed by atoms with Crippen LogP contribution < -0.4 is 5.32 Å². The number of aliphatic imine (C=N–C) groups is 1. The highest BCUT2D eigenvalue weighted by molar-refractivity contribution is 8.01. The summed E-state index contributed by atoms with van der Waals surface area (Å²) < 4.78 is 3.63. The Bertz CT molecular complexity index is 1490. The van der Waals surface area contributed by atoms with Gasteiger partial charge in [0.15, 0.2) is 9.50 Å². The van der Waals surface area contributed by atoms with Gasteiger partial charge >= 0.3 is 0 Å². The molecule has 0 saturated heterocycles. The van der Waals surface area contributed by atoms with Crippen molar-refractivity contribution in [1.82, 2.24) is 19.9 Å². The number of benzene rings is 2. The molecular formula is C26H26N6O3S3. The summed E-state index contributed by atoms with van der Waals surface area (Å²) in [5.74, 6) is 0.416. The summed E-state index contributed by atoms with van der Waals surface area (Å²) >= 11 is 4.23. The van der Waals surface area contributed by atoms with E-state index in [4.69, 9.17) is 0 Å². The number of aryl methyl sites for hydroxylation is 1. The summed E-state index contributed by atoms with van der Waals surface area (Å²) in [6, 6.07) is 11.1. The Kier molecular flexibility index (Phi) is 8.40. The fraction of sp³-hybridized carbons (Fsp3) is 0.308. The highest BCUT2D eigenvalue weighted by atomic mass is 32.2. The van der Waals surface area contributed by atoms with Crippen molar-refractivity contribution < 1.29 is 9.72 Å². The van der Waals surface area contributed by atoms with Crippen LogP contribution in [0.5, 0.6) is 0 Å². The molecule has 1 aliphatic carbocycles. The molecule has 1 aliphatic rings. The van der Waals surface area contributed by atoms with Gasteiger partial charge < -0.3 is 9.88 Å². The molecule has 4 aromatic rings. The number of aromatic nitrogens is 3. The minimum absolute atomic E-state index is 0.00838. The zero-order chi connectivity index (χ0) is 26.5. The molecule has 38 heavy (non-hydrogen) atoms. The minimum atomic E-state index is -0.388. The summed E-state index contributed by atoms with van der Waals surface area (Å²) in [5.41, 5.74) is 2.22. The van der Waals surface area contributed by atoms with Gasteiger partial charge in [-0.1, -0.05) is 37.1 Å². The lowest BCUT2D eigenvalue weighted by atomic mass is 9.95. The third kappa shape index (κ3) is 6.61. The van der Waals surface area contributed by atoms with E-state index in [0.717, 1.165) is 33.1 Å². The second-order valence-electron chi connectivity index (χ2n) is 8.99. The molecule has 5 rings (SSSR count). The van der Waals surface area contributed by atoms with Crippen LogP contribution in [0.4, 0.5) is 11.4 Å². The number of imidazole rings is 1. The first-order valence-electron chi connectivity index (χ1n) is 12.2. The number of fused-ring (bicyclic) bond motifs is 1. The first kappa shape index (κ1) is 26.4. The topological polar surface area (TPSA) is 115 Å². The van der Waals surface area contributed by atoms with Crippen molar-refractivity contribution in [3.8, 4) is 0 Å². The van der Waals surface area contributed by atoms with E-state index in [9.17, 15) is 14.9 Å². The summed E-state index contributed by atoms with van der Waals surface area (Å²) in [6.07, 6.45) is 10.9. The highest BCUT2D eigenvalue weighted by Gasteiger charge is 2.18. The number of nitrogens with one attached hydrogen (secondary N) is 1. The quantitative estimate of drug-likeness (QED) is 0.108. The average Bonchev–Trinajstić information content (AvgIpc) is 3.52. The Morgan fingerprint density at radius 3 is 2.87 bits per heavy atom. The fourth-order valence-electron chi connectivity index (χ4n) is 4.22. The molecule has 1 N–H and O–H groups in total. The normalized spacial score (nSPS) is 14.3. The molecule has 2 heterocycles. The van der Waals surface area contributed by atoms with E-state index in [1.165, 1.54) is 60.2 Å². The van der Waals surface area contributed by atoms with Crippen LogP contribution in [-0.4, -0.2) is 43.4 Å². The average molecular weight is 567 g/mol. The van der Waals surface area contributed by atoms with Gasteiger partial charge in [-0.2, -0.15) is 0 Å². The van der Waals surface area contributed by atoms with E-state index < -0.39 is 0 Å². The number of hydrogen-bond acceptors (Lipinski definition) is 9. The van der Waals surface area contributed by atoms with Crippen LogP contribution in [0.25, 0.3) is 10.2 Å². The molecule has 12 heteroatoms. The molecular weight excluding hydrogens is 541 g/mol. The molecule has 0 unspecified atom stereocenters. The maximum Gasteiger partial charge on any atom is 0.283 e. The number of carbonyl (C=O) groups excluding carboxylic acids is 1. The fourth-order valence-corrected chi connectivity index (χ4v) is 7.02. The van der Waals surface area contributed by atoms with E-state index in [1.807, 2.05) is 29.8 Å². The van der Waals surface area contributed by atoms with Gasteiger partial charge in [-0.15, -0.1) is 11.3 Å². The van der Waals surface area contributed by atoms with Gasteiger partial charge in [-0.25, -0.2) is 9.97 Å². The zero-order valence-electron chi connectivity index (χ0n) is 20.7. The molecule has 0 spiro atoms. The Labute approximate surface area is 232 Å². The van der Waals surface area contributed by atoms with Gasteiger partial charge in [-0.3, -0.25) is 19.9 Å². The predicted octanol–water partition coefficient (Wildman–Crippen LogP) is 6.38. The van der Waals surface area contributed by atoms with E-state index in [1.54, 1.807) is 30.7 Å². The number of thioether (sulfide) groups is 1. The van der Waals surface area contributed by atoms with E-state index in [2.05, 4.69) is 20.3 Å². The van der Waals surface area contributed by atoms with Gasteiger partial charge in [0.2, 0.25) is 5.91 Å². The van der Waals surface area contributed by atoms with Crippen LogP contribution >= 0.6 is 34.9 Å². The van der Waals surface area contributed by atoms with Crippen molar-refractivity contribution in [1.29, 1.82) is 0 Å². The van der Waals surface area contributed by atoms with Crippen molar-refractivity contribution in [2.75, 3.05) is 5.75 Å². The van der Waals surface area contributed by atoms with Crippen molar-refractivity contribution in [3.63, 3.8) is 0 Å². The zero-order valence-corrected chi connectivity index (χ0v) is 23.2. The highest BCUT2D eigenvalue weighted by Crippen LogP contribution is 2.35. The van der Waals surface area contributed by atoms with Gasteiger partial charge in [-0.05, 0) is 54.4 Å². The maximum absolute atomic E-state index is 12.3. The smallest absolute Gasteiger partial charge is 0.283 e. The SMILES string of the molecule is Cn1ccnc1Sc1ccc(C=Nc2ccc3nc(SCC(=O)NC4CCCCC4)sc3c2)cc1[N+](=O)[O-]. The summed E-state index contributed by atoms with van der Waals surface area (Å²) in [7, 11) is 1.85. The third-order valence-electron chi connectivity index (χ3n) is 6.17. The number of nitrogens with zero attached hydrogens (tertiary/aromatic N) is 5. The molecule has 2 aromatic heterocycles. The largest absolute Gasteiger partial charge is 0.353 e. The monoisotopic (exact) mass is 566 g/mol. The van der Waals surface area contributed by atoms with Crippen LogP contribution in [0.15, 0.2) is 68.2 Å². The van der Waals surface area contributed by atoms with Crippen LogP contribution in [0.1, 0.15) is 37.7 Å². The molecule has 1 amide bonds. The number of thiazole rings is 1. The van der Waals surface area contributed by atoms with E-state index >= 15 is 0 Å². The van der Waals surface area contributed by atoms with Gasteiger partial charge in [0.25, 0.3) is 5.69 Å². The number of hydrogen-bond donors (Lipinski definition) is 1. The van der Waals surface area contributed by atoms with Crippen molar-refractivity contribution >= 4 is 68.6 Å². The van der Waals surface area contributed by atoms with Gasteiger partial charge in [0.1, 0.15) is 0 Å². The van der Waals surface area contributed by atoms with E-state index in [0.29, 0.717) is 27.4 Å². The van der Waals surface area contributed by atoms with Crippen molar-refractivity contribution in [2.24, 2.45) is 12.0 Å². The summed E-state index contributed by atoms with van der Waals surface area (Å²) in [5, 5.41) is 15.5. The predicted molar refractivity (Wildman–Crippen MR) is 153 cm³/mol. The Hall–Kier alpha value is -3.22. The molecule has 0 bridgehead atoms. The van der Waals surface area contributed by atoms with E-state index in [-0.39, 0.29) is 16.5 Å². The number of nitro groups is 1. The Morgan fingerprint density at radius 1 is 1.26 bits per heavy atom. The molecule has 0 radical (unpaired) electrons. The number of nitro benzene ring substituents is 1. The number of amides is 1. The van der Waals surface area contributed by atoms with Gasteiger partial charge in [0, 0.05) is 37.8 Å². The van der Waals surface area contributed by atoms with Crippen molar-refractivity contribution in [3.05, 3.63) is 64.5 Å². The van der Waals surface area contributed by atoms with Crippen LogP contribution in [0.3, 0.4) is 0 Å². The molecule has 196 valence electrons. The molecule has 9 nitrogen and oxygen atoms in total. The lowest BCUT2D eigenvalue weighted by Crippen LogP contribution is -2.37. The lowest BCUT2D eigenvalue weighted by molar-refractivity contribution is -0.387. The number of carbonyl (C=O) groups is 1. The molecule has 1 fully saturated rings. The third-order valence-corrected chi connectivity index (χ3v) is 9.47. The molecule has 2 aromatic carbocycles. The molecule has 1 saturated carbocycles. The lowest BCUT2D eigenvalue weighted by Gasteiger charge is -2.22. The first-order chi connectivity index (χ1) is 18.4. The first-order valence-corrected chi connectivity index (χ1v) is 14.9. The second kappa shape index (κ2) is 12.1. The maximum atomic E-state index is 12.3. The van der Waals surface area contributed by atoms with Gasteiger partial charge in [0.05, 0.1) is 31.5 Å². The number of rotatable bonds is 9. The standard InChI is InChI=1S/C26H26N6O3S3/c1-31-12-11-27-25(31)37-22-10-7-17(13-21(22)32(34)35)15-28-19-8-9-20-23(14-19)38-26(30-20)36-16-24(33)29-18-5-3-2-4-6-18/h7-15,18H,2-6,16H2,1H3,(H,29,33). The second-order valence-corrected chi connectivity index (χ2v) is 12.3. The Balaban J connectivity index is 1.24. The van der Waals surface area contributed by atoms with Crippen LogP contribution in [0, 0.1) is 10.1 Å². The van der Waals surface area contributed by atoms with Crippen LogP contribution in [0.2, 0.25) is 0 Å². The Morgan fingerprint density at radius 2 is 2.11 bits per heavy atom. The summed E-state index contributed by atoms with van der Waals surface area (Å²) in [4.78, 5) is 37.6. The van der Waals surface area contributed by atoms with Crippen LogP contribution in [-0.2, 0) is 11.8 Å².